The lowest BCUT2D eigenvalue weighted by molar-refractivity contribution is -0.148. The Kier molecular flexibility index (Phi) is 3.02. The van der Waals surface area contributed by atoms with Gasteiger partial charge in [0, 0.05) is 11.6 Å². The second-order valence-corrected chi connectivity index (χ2v) is 4.35. The third kappa shape index (κ3) is 2.18. The van der Waals surface area contributed by atoms with Crippen molar-refractivity contribution in [2.45, 2.75) is 24.8 Å². The Balaban J connectivity index is 2.19. The molecule has 0 saturated heterocycles. The number of nitrogens with one attached hydrogen (secondary N) is 1. The van der Waals surface area contributed by atoms with Gasteiger partial charge in [-0.15, -0.1) is 0 Å². The molecular formula is C12H11F2NO3. The summed E-state index contributed by atoms with van der Waals surface area (Å²) < 4.78 is 25.9. The number of aliphatic carboxylic acids is 1. The van der Waals surface area contributed by atoms with Gasteiger partial charge in [0.2, 0.25) is 0 Å². The summed E-state index contributed by atoms with van der Waals surface area (Å²) in [5.74, 6) is -3.66. The van der Waals surface area contributed by atoms with Crippen molar-refractivity contribution in [3.8, 4) is 0 Å². The highest BCUT2D eigenvalue weighted by atomic mass is 19.1. The van der Waals surface area contributed by atoms with Gasteiger partial charge in [-0.1, -0.05) is 0 Å². The van der Waals surface area contributed by atoms with E-state index in [1.54, 1.807) is 0 Å². The van der Waals surface area contributed by atoms with Crippen molar-refractivity contribution in [2.24, 2.45) is 0 Å². The van der Waals surface area contributed by atoms with Gasteiger partial charge in [0.15, 0.2) is 0 Å². The molecule has 2 rings (SSSR count). The van der Waals surface area contributed by atoms with Gasteiger partial charge in [0.25, 0.3) is 5.91 Å². The molecule has 1 aromatic carbocycles. The molecule has 4 nitrogen and oxygen atoms in total. The van der Waals surface area contributed by atoms with E-state index >= 15 is 0 Å². The first-order valence-corrected chi connectivity index (χ1v) is 5.45. The fourth-order valence-electron chi connectivity index (χ4n) is 1.90. The molecular weight excluding hydrogens is 244 g/mol. The van der Waals surface area contributed by atoms with Crippen molar-refractivity contribution in [1.29, 1.82) is 0 Å². The topological polar surface area (TPSA) is 66.4 Å². The summed E-state index contributed by atoms with van der Waals surface area (Å²) in [5, 5.41) is 11.4. The van der Waals surface area contributed by atoms with Crippen LogP contribution in [-0.2, 0) is 4.79 Å². The van der Waals surface area contributed by atoms with Crippen LogP contribution in [0.2, 0.25) is 0 Å². The van der Waals surface area contributed by atoms with Gasteiger partial charge in [-0.3, -0.25) is 4.79 Å². The standard InChI is InChI=1S/C12H11F2NO3/c13-8-4-7(5-9(14)6-8)10(16)15-12(11(17)18)2-1-3-12/h4-6H,1-3H2,(H,15,16)(H,17,18). The molecule has 0 aromatic heterocycles. The van der Waals surface area contributed by atoms with Gasteiger partial charge in [-0.05, 0) is 31.4 Å². The van der Waals surface area contributed by atoms with Crippen LogP contribution in [0, 0.1) is 11.6 Å². The molecule has 1 aliphatic carbocycles. The van der Waals surface area contributed by atoms with Crippen LogP contribution < -0.4 is 5.32 Å². The first-order valence-electron chi connectivity index (χ1n) is 5.45. The molecule has 0 radical (unpaired) electrons. The molecule has 0 bridgehead atoms. The maximum atomic E-state index is 12.9. The number of hydrogen-bond donors (Lipinski definition) is 2. The molecule has 1 saturated carbocycles. The minimum Gasteiger partial charge on any atom is -0.480 e. The number of rotatable bonds is 3. The second kappa shape index (κ2) is 4.36. The third-order valence-corrected chi connectivity index (χ3v) is 3.09. The zero-order valence-corrected chi connectivity index (χ0v) is 9.37. The Morgan fingerprint density at radius 2 is 1.72 bits per heavy atom. The van der Waals surface area contributed by atoms with E-state index in [1.165, 1.54) is 0 Å². The van der Waals surface area contributed by atoms with Gasteiger partial charge in [-0.2, -0.15) is 0 Å². The number of carboxylic acid groups (broad SMARTS) is 1. The average molecular weight is 255 g/mol. The normalized spacial score (nSPS) is 16.8. The van der Waals surface area contributed by atoms with E-state index < -0.39 is 29.0 Å². The van der Waals surface area contributed by atoms with Gasteiger partial charge in [0.1, 0.15) is 17.2 Å². The van der Waals surface area contributed by atoms with E-state index in [0.29, 0.717) is 25.3 Å². The predicted octanol–water partition coefficient (Wildman–Crippen LogP) is 1.70. The summed E-state index contributed by atoms with van der Waals surface area (Å²) in [7, 11) is 0. The van der Waals surface area contributed by atoms with Crippen LogP contribution in [0.5, 0.6) is 0 Å². The van der Waals surface area contributed by atoms with Gasteiger partial charge < -0.3 is 10.4 Å². The molecule has 0 unspecified atom stereocenters. The highest BCUT2D eigenvalue weighted by molar-refractivity contribution is 5.98. The smallest absolute Gasteiger partial charge is 0.329 e. The summed E-state index contributed by atoms with van der Waals surface area (Å²) in [6, 6.07) is 2.38. The van der Waals surface area contributed by atoms with E-state index in [2.05, 4.69) is 5.32 Å². The fraction of sp³-hybridized carbons (Fsp3) is 0.333. The highest BCUT2D eigenvalue weighted by Crippen LogP contribution is 2.32. The van der Waals surface area contributed by atoms with Crippen LogP contribution >= 0.6 is 0 Å². The van der Waals surface area contributed by atoms with E-state index in [1.807, 2.05) is 0 Å². The van der Waals surface area contributed by atoms with Crippen molar-refractivity contribution in [2.75, 3.05) is 0 Å². The first kappa shape index (κ1) is 12.5. The second-order valence-electron chi connectivity index (χ2n) is 4.35. The van der Waals surface area contributed by atoms with Crippen LogP contribution in [0.1, 0.15) is 29.6 Å². The van der Waals surface area contributed by atoms with Crippen molar-refractivity contribution < 1.29 is 23.5 Å². The van der Waals surface area contributed by atoms with Crippen molar-refractivity contribution >= 4 is 11.9 Å². The predicted molar refractivity (Wildman–Crippen MR) is 58.0 cm³/mol. The molecule has 0 aliphatic heterocycles. The fourth-order valence-corrected chi connectivity index (χ4v) is 1.90. The molecule has 1 aromatic rings. The lowest BCUT2D eigenvalue weighted by Crippen LogP contribution is -2.59. The maximum Gasteiger partial charge on any atom is 0.329 e. The Hall–Kier alpha value is -1.98. The van der Waals surface area contributed by atoms with E-state index in [9.17, 15) is 18.4 Å². The third-order valence-electron chi connectivity index (χ3n) is 3.09. The monoisotopic (exact) mass is 255 g/mol. The van der Waals surface area contributed by atoms with Gasteiger partial charge in [0.05, 0.1) is 0 Å². The SMILES string of the molecule is O=C(NC1(C(=O)O)CCC1)c1cc(F)cc(F)c1. The summed E-state index contributed by atoms with van der Waals surface area (Å²) >= 11 is 0. The number of carbonyl (C=O) groups is 2. The minimum absolute atomic E-state index is 0.222. The number of benzene rings is 1. The lowest BCUT2D eigenvalue weighted by Gasteiger charge is -2.38. The molecule has 18 heavy (non-hydrogen) atoms. The summed E-state index contributed by atoms with van der Waals surface area (Å²) in [5.41, 5.74) is -1.51. The van der Waals surface area contributed by atoms with E-state index in [-0.39, 0.29) is 5.56 Å². The molecule has 0 heterocycles. The van der Waals surface area contributed by atoms with E-state index in [0.717, 1.165) is 12.1 Å². The molecule has 0 atom stereocenters. The Bertz CT molecular complexity index is 492. The number of amides is 1. The quantitative estimate of drug-likeness (QED) is 0.863. The summed E-state index contributed by atoms with van der Waals surface area (Å²) in [6.45, 7) is 0. The zero-order chi connectivity index (χ0) is 13.3. The van der Waals surface area contributed by atoms with Crippen molar-refractivity contribution in [1.82, 2.24) is 5.32 Å². The Morgan fingerprint density at radius 1 is 1.17 bits per heavy atom. The maximum absolute atomic E-state index is 12.9. The zero-order valence-electron chi connectivity index (χ0n) is 9.37. The molecule has 0 spiro atoms. The summed E-state index contributed by atoms with van der Waals surface area (Å²) in [6.07, 6.45) is 1.35. The molecule has 1 aliphatic rings. The largest absolute Gasteiger partial charge is 0.480 e. The van der Waals surface area contributed by atoms with E-state index in [4.69, 9.17) is 5.11 Å². The first-order chi connectivity index (χ1) is 8.43. The number of carboxylic acids is 1. The molecule has 2 N–H and O–H groups in total. The minimum atomic E-state index is -1.29. The van der Waals surface area contributed by atoms with Crippen LogP contribution in [0.4, 0.5) is 8.78 Å². The van der Waals surface area contributed by atoms with Gasteiger partial charge in [-0.25, -0.2) is 13.6 Å². The summed E-state index contributed by atoms with van der Waals surface area (Å²) in [4.78, 5) is 22.8. The van der Waals surface area contributed by atoms with Gasteiger partial charge >= 0.3 is 5.97 Å². The average Bonchev–Trinajstić information content (AvgIpc) is 2.21. The molecule has 6 heteroatoms. The van der Waals surface area contributed by atoms with Crippen LogP contribution in [0.25, 0.3) is 0 Å². The van der Waals surface area contributed by atoms with Crippen molar-refractivity contribution in [3.63, 3.8) is 0 Å². The highest BCUT2D eigenvalue weighted by Gasteiger charge is 2.45. The Labute approximate surface area is 102 Å². The van der Waals surface area contributed by atoms with Crippen molar-refractivity contribution in [3.05, 3.63) is 35.4 Å². The molecule has 96 valence electrons. The lowest BCUT2D eigenvalue weighted by atomic mass is 9.76. The van der Waals surface area contributed by atoms with Crippen LogP contribution in [0.3, 0.4) is 0 Å². The van der Waals surface area contributed by atoms with Crippen LogP contribution in [-0.4, -0.2) is 22.5 Å². The van der Waals surface area contributed by atoms with Crippen LogP contribution in [0.15, 0.2) is 18.2 Å². The molecule has 1 fully saturated rings. The Morgan fingerprint density at radius 3 is 2.11 bits per heavy atom. The number of halogens is 2. The number of hydrogen-bond acceptors (Lipinski definition) is 2. The number of carbonyl (C=O) groups excluding carboxylic acids is 1. The molecule has 1 amide bonds.